The van der Waals surface area contributed by atoms with Crippen LogP contribution in [0.4, 0.5) is 5.69 Å². The molecule has 0 aliphatic heterocycles. The Hall–Kier alpha value is -2.21. The van der Waals surface area contributed by atoms with Crippen molar-refractivity contribution in [2.45, 2.75) is 4.90 Å². The number of hydrogen-bond acceptors (Lipinski definition) is 4. The van der Waals surface area contributed by atoms with E-state index in [2.05, 4.69) is 5.11 Å². The average Bonchev–Trinajstić information content (AvgIpc) is 2.41. The van der Waals surface area contributed by atoms with Gasteiger partial charge < -0.3 is 5.21 Å². The van der Waals surface area contributed by atoms with Crippen LogP contribution in [-0.2, 0) is 10.0 Å². The molecule has 5 nitrogen and oxygen atoms in total. The van der Waals surface area contributed by atoms with Crippen molar-refractivity contribution < 1.29 is 12.7 Å². The van der Waals surface area contributed by atoms with Crippen LogP contribution < -0.4 is 0 Å². The fraction of sp³-hybridized carbons (Fsp3) is 0. The van der Waals surface area contributed by atoms with Crippen LogP contribution in [0.25, 0.3) is 0 Å². The van der Waals surface area contributed by atoms with Crippen molar-refractivity contribution in [3.05, 3.63) is 65.9 Å². The van der Waals surface area contributed by atoms with Crippen LogP contribution in [0.1, 0.15) is 0 Å². The van der Waals surface area contributed by atoms with Gasteiger partial charge in [0.15, 0.2) is 0 Å². The highest BCUT2D eigenvalue weighted by molar-refractivity contribution is 7.85. The van der Waals surface area contributed by atoms with E-state index in [1.165, 1.54) is 12.1 Å². The minimum Gasteiger partial charge on any atom is -0.583 e. The van der Waals surface area contributed by atoms with Crippen molar-refractivity contribution in [2.75, 3.05) is 0 Å². The van der Waals surface area contributed by atoms with Crippen LogP contribution in [0.3, 0.4) is 0 Å². The molecule has 0 spiro atoms. The summed E-state index contributed by atoms with van der Waals surface area (Å²) in [5.41, 5.74) is 0.284. The molecule has 0 heterocycles. The molecule has 2 aromatic rings. The van der Waals surface area contributed by atoms with Gasteiger partial charge in [0, 0.05) is 9.38 Å². The highest BCUT2D eigenvalue weighted by atomic mass is 32.2. The Labute approximate surface area is 105 Å². The quantitative estimate of drug-likeness (QED) is 0.485. The molecule has 6 heteroatoms. The van der Waals surface area contributed by atoms with Gasteiger partial charge in [-0.15, -0.1) is 0 Å². The minimum absolute atomic E-state index is 0.0836. The maximum atomic E-state index is 11.9. The highest BCUT2D eigenvalue weighted by Crippen LogP contribution is 2.15. The van der Waals surface area contributed by atoms with Gasteiger partial charge in [0.2, 0.25) is 0 Å². The average molecular weight is 262 g/mol. The first-order chi connectivity index (χ1) is 8.60. The fourth-order valence-corrected chi connectivity index (χ4v) is 2.21. The molecule has 0 unspecified atom stereocenters. The van der Waals surface area contributed by atoms with Crippen molar-refractivity contribution in [1.29, 1.82) is 0 Å². The van der Waals surface area contributed by atoms with Crippen molar-refractivity contribution in [1.82, 2.24) is 0 Å². The van der Waals surface area contributed by atoms with Gasteiger partial charge in [-0.3, -0.25) is 0 Å². The van der Waals surface area contributed by atoms with E-state index >= 15 is 0 Å². The van der Waals surface area contributed by atoms with Crippen LogP contribution in [-0.4, -0.2) is 12.7 Å². The summed E-state index contributed by atoms with van der Waals surface area (Å²) < 4.78 is 23.4. The zero-order valence-electron chi connectivity index (χ0n) is 9.30. The summed E-state index contributed by atoms with van der Waals surface area (Å²) in [6.07, 6.45) is 0. The van der Waals surface area contributed by atoms with Crippen molar-refractivity contribution in [3.63, 3.8) is 0 Å². The molecule has 0 amide bonds. The molecule has 0 fully saturated rings. The largest absolute Gasteiger partial charge is 0.583 e. The molecule has 0 atom stereocenters. The lowest BCUT2D eigenvalue weighted by Gasteiger charge is -2.01. The fourth-order valence-electron chi connectivity index (χ4n) is 1.33. The molecule has 92 valence electrons. The molecule has 0 aromatic heterocycles. The van der Waals surface area contributed by atoms with E-state index in [0.29, 0.717) is 0 Å². The summed E-state index contributed by atoms with van der Waals surface area (Å²) in [6, 6.07) is 15.6. The van der Waals surface area contributed by atoms with Crippen LogP contribution in [0.2, 0.25) is 0 Å². The van der Waals surface area contributed by atoms with Crippen LogP contribution in [0, 0.1) is 5.21 Å². The van der Waals surface area contributed by atoms with E-state index in [0.717, 1.165) is 0 Å². The van der Waals surface area contributed by atoms with Gasteiger partial charge in [-0.1, -0.05) is 36.4 Å². The molecule has 0 saturated carbocycles. The normalized spacial score (nSPS) is 12.3. The predicted octanol–water partition coefficient (Wildman–Crippen LogP) is 2.67. The Morgan fingerprint density at radius 3 is 1.94 bits per heavy atom. The summed E-state index contributed by atoms with van der Waals surface area (Å²) in [7, 11) is -4.13. The first-order valence-electron chi connectivity index (χ1n) is 5.15. The van der Waals surface area contributed by atoms with E-state index < -0.39 is 10.0 Å². The topological polar surface area (TPSA) is 72.6 Å². The molecule has 0 aliphatic carbocycles. The molecule has 0 saturated heterocycles. The Balaban J connectivity index is 2.40. The molecule has 0 bridgehead atoms. The first kappa shape index (κ1) is 12.3. The number of rotatable bonds is 3. The van der Waals surface area contributed by atoms with Gasteiger partial charge in [-0.25, -0.2) is 0 Å². The third kappa shape index (κ3) is 2.54. The maximum absolute atomic E-state index is 11.9. The number of nitrogens with zero attached hydrogens (tertiary/aromatic N) is 2. The summed E-state index contributed by atoms with van der Waals surface area (Å²) in [5.74, 6) is 0. The molecular formula is C12H10N2O3S. The summed E-state index contributed by atoms with van der Waals surface area (Å²) >= 11 is 0. The third-order valence-corrected chi connectivity index (χ3v) is 3.56. The van der Waals surface area contributed by atoms with Crippen molar-refractivity contribution >= 4 is 15.7 Å². The van der Waals surface area contributed by atoms with E-state index in [4.69, 9.17) is 0 Å². The SMILES string of the molecule is O=S(=O)(c1ccccc1)[N+]([O-])=Nc1ccccc1. The molecule has 18 heavy (non-hydrogen) atoms. The molecule has 0 radical (unpaired) electrons. The van der Waals surface area contributed by atoms with E-state index in [1.54, 1.807) is 48.5 Å². The predicted molar refractivity (Wildman–Crippen MR) is 65.8 cm³/mol. The maximum Gasteiger partial charge on any atom is 0.429 e. The van der Waals surface area contributed by atoms with Crippen LogP contribution in [0.5, 0.6) is 0 Å². The molecule has 2 aromatic carbocycles. The van der Waals surface area contributed by atoms with E-state index in [-0.39, 0.29) is 14.8 Å². The van der Waals surface area contributed by atoms with Crippen molar-refractivity contribution in [3.8, 4) is 0 Å². The van der Waals surface area contributed by atoms with Gasteiger partial charge in [0.25, 0.3) is 0 Å². The van der Waals surface area contributed by atoms with Gasteiger partial charge in [-0.2, -0.15) is 8.42 Å². The zero-order valence-corrected chi connectivity index (χ0v) is 10.1. The second kappa shape index (κ2) is 4.97. The minimum atomic E-state index is -4.13. The smallest absolute Gasteiger partial charge is 0.429 e. The number of benzene rings is 2. The Morgan fingerprint density at radius 1 is 0.889 bits per heavy atom. The van der Waals surface area contributed by atoms with Gasteiger partial charge >= 0.3 is 10.0 Å². The molecular weight excluding hydrogens is 252 g/mol. The second-order valence-corrected chi connectivity index (χ2v) is 5.20. The standard InChI is InChI=1S/C12H10N2O3S/c15-14(13-11-7-3-1-4-8-11)18(16,17)12-9-5-2-6-10-12/h1-10H. The second-order valence-electron chi connectivity index (χ2n) is 3.46. The zero-order chi connectivity index (χ0) is 13.0. The van der Waals surface area contributed by atoms with Crippen LogP contribution >= 0.6 is 0 Å². The van der Waals surface area contributed by atoms with Gasteiger partial charge in [0.1, 0.15) is 10.6 Å². The van der Waals surface area contributed by atoms with Gasteiger partial charge in [-0.05, 0) is 24.3 Å². The number of hydrogen-bond donors (Lipinski definition) is 0. The summed E-state index contributed by atoms with van der Waals surface area (Å²) in [6.45, 7) is 0. The first-order valence-corrected chi connectivity index (χ1v) is 6.59. The summed E-state index contributed by atoms with van der Waals surface area (Å²) in [4.78, 5) is -0.0836. The molecule has 0 aliphatic rings. The Morgan fingerprint density at radius 2 is 1.39 bits per heavy atom. The van der Waals surface area contributed by atoms with E-state index in [1.807, 2.05) is 0 Å². The van der Waals surface area contributed by atoms with Gasteiger partial charge in [0.05, 0.1) is 0 Å². The molecule has 0 N–H and O–H groups in total. The Kier molecular flexibility index (Phi) is 3.38. The lowest BCUT2D eigenvalue weighted by molar-refractivity contribution is -0.359. The molecule has 2 rings (SSSR count). The monoisotopic (exact) mass is 262 g/mol. The number of sulfonamides is 1. The van der Waals surface area contributed by atoms with Crippen LogP contribution in [0.15, 0.2) is 70.7 Å². The third-order valence-electron chi connectivity index (χ3n) is 2.20. The lowest BCUT2D eigenvalue weighted by atomic mass is 10.3. The lowest BCUT2D eigenvalue weighted by Crippen LogP contribution is -2.13. The summed E-state index contributed by atoms with van der Waals surface area (Å²) in [5, 5.41) is 15.1. The van der Waals surface area contributed by atoms with Crippen molar-refractivity contribution in [2.24, 2.45) is 5.11 Å². The van der Waals surface area contributed by atoms with E-state index in [9.17, 15) is 13.6 Å². The highest BCUT2D eigenvalue weighted by Gasteiger charge is 2.24. The Bertz CT molecular complexity index is 652.